The molecule has 10 heteroatoms. The van der Waals surface area contributed by atoms with Crippen molar-refractivity contribution in [3.8, 4) is 0 Å². The van der Waals surface area contributed by atoms with Crippen LogP contribution in [-0.2, 0) is 0 Å². The zero-order valence-corrected chi connectivity index (χ0v) is 9.95. The van der Waals surface area contributed by atoms with Crippen molar-refractivity contribution in [2.75, 3.05) is 24.6 Å². The monoisotopic (exact) mass is 286 g/mol. The third kappa shape index (κ3) is 3.00. The van der Waals surface area contributed by atoms with E-state index in [1.54, 1.807) is 0 Å². The summed E-state index contributed by atoms with van der Waals surface area (Å²) >= 11 is 0.647. The van der Waals surface area contributed by atoms with Crippen LogP contribution in [0.1, 0.15) is 10.4 Å². The summed E-state index contributed by atoms with van der Waals surface area (Å²) in [5, 5.41) is 4.22. The smallest absolute Gasteiger partial charge is 0.324 e. The van der Waals surface area contributed by atoms with Gasteiger partial charge in [0.25, 0.3) is 5.91 Å². The number of rotatable bonds is 5. The number of halogens is 4. The maximum atomic E-state index is 12.7. The number of amides is 1. The predicted octanol–water partition coefficient (Wildman–Crippen LogP) is 1.40. The molecule has 0 saturated heterocycles. The highest BCUT2D eigenvalue weighted by atomic mass is 32.1. The molecule has 1 aromatic rings. The standard InChI is InChI=1S/C8H10F4N4OS/c1-14-5(17)3-4(13)16-18-6(3)15-2-8(11,12)7(9)10/h7,15H,2H2,1H3,(H2,13,16)(H,14,17). The van der Waals surface area contributed by atoms with Crippen LogP contribution < -0.4 is 16.4 Å². The Balaban J connectivity index is 2.83. The van der Waals surface area contributed by atoms with Crippen LogP contribution in [0.2, 0.25) is 0 Å². The Morgan fingerprint density at radius 1 is 1.56 bits per heavy atom. The Morgan fingerprint density at radius 3 is 2.67 bits per heavy atom. The van der Waals surface area contributed by atoms with E-state index in [0.29, 0.717) is 11.5 Å². The summed E-state index contributed by atoms with van der Waals surface area (Å²) in [6.45, 7) is -1.31. The molecule has 0 saturated carbocycles. The van der Waals surface area contributed by atoms with Crippen molar-refractivity contribution in [1.82, 2.24) is 9.69 Å². The SMILES string of the molecule is CNC(=O)c1c(N)nsc1NCC(F)(F)C(F)F. The van der Waals surface area contributed by atoms with Crippen molar-refractivity contribution < 1.29 is 22.4 Å². The molecule has 1 aromatic heterocycles. The van der Waals surface area contributed by atoms with Crippen molar-refractivity contribution in [3.05, 3.63) is 5.56 Å². The van der Waals surface area contributed by atoms with E-state index in [1.807, 2.05) is 0 Å². The number of hydrogen-bond donors (Lipinski definition) is 3. The quantitative estimate of drug-likeness (QED) is 0.715. The number of hydrogen-bond acceptors (Lipinski definition) is 5. The van der Waals surface area contributed by atoms with Gasteiger partial charge in [0.1, 0.15) is 10.6 Å². The van der Waals surface area contributed by atoms with Crippen LogP contribution in [0.4, 0.5) is 28.4 Å². The molecule has 0 aliphatic carbocycles. The van der Waals surface area contributed by atoms with Gasteiger partial charge in [-0.15, -0.1) is 0 Å². The van der Waals surface area contributed by atoms with Crippen LogP contribution in [0.25, 0.3) is 0 Å². The number of nitrogens with one attached hydrogen (secondary N) is 2. The normalized spacial score (nSPS) is 11.7. The first-order valence-electron chi connectivity index (χ1n) is 4.66. The Bertz CT molecular complexity index is 437. The third-order valence-corrected chi connectivity index (χ3v) is 2.80. The third-order valence-electron chi connectivity index (χ3n) is 1.98. The van der Waals surface area contributed by atoms with E-state index in [0.717, 1.165) is 0 Å². The Labute approximate surface area is 104 Å². The molecule has 0 aliphatic rings. The van der Waals surface area contributed by atoms with Gasteiger partial charge in [0.05, 0.1) is 6.54 Å². The van der Waals surface area contributed by atoms with Gasteiger partial charge in [0, 0.05) is 7.05 Å². The molecule has 1 rings (SSSR count). The van der Waals surface area contributed by atoms with Crippen LogP contribution >= 0.6 is 11.5 Å². The maximum Gasteiger partial charge on any atom is 0.324 e. The number of aromatic nitrogens is 1. The largest absolute Gasteiger partial charge is 0.382 e. The van der Waals surface area contributed by atoms with E-state index in [2.05, 4.69) is 15.0 Å². The summed E-state index contributed by atoms with van der Waals surface area (Å²) in [6.07, 6.45) is -3.79. The zero-order chi connectivity index (χ0) is 13.9. The molecule has 4 N–H and O–H groups in total. The molecule has 0 bridgehead atoms. The number of carbonyl (C=O) groups excluding carboxylic acids is 1. The molecule has 102 valence electrons. The van der Waals surface area contributed by atoms with Crippen LogP contribution in [0.15, 0.2) is 0 Å². The maximum absolute atomic E-state index is 12.7. The minimum atomic E-state index is -4.20. The predicted molar refractivity (Wildman–Crippen MR) is 59.4 cm³/mol. The summed E-state index contributed by atoms with van der Waals surface area (Å²) in [5.41, 5.74) is 5.25. The lowest BCUT2D eigenvalue weighted by atomic mass is 10.3. The van der Waals surface area contributed by atoms with Crippen LogP contribution in [0.5, 0.6) is 0 Å². The van der Waals surface area contributed by atoms with Gasteiger partial charge in [-0.05, 0) is 11.5 Å². The Morgan fingerprint density at radius 2 is 2.17 bits per heavy atom. The van der Waals surface area contributed by atoms with Gasteiger partial charge in [-0.2, -0.15) is 13.2 Å². The van der Waals surface area contributed by atoms with Crippen LogP contribution in [0, 0.1) is 0 Å². The first-order valence-corrected chi connectivity index (χ1v) is 5.44. The van der Waals surface area contributed by atoms with Crippen molar-refractivity contribution in [1.29, 1.82) is 0 Å². The second-order valence-corrected chi connectivity index (χ2v) is 4.04. The lowest BCUT2D eigenvalue weighted by Gasteiger charge is -2.16. The number of nitrogen functional groups attached to an aromatic ring is 1. The van der Waals surface area contributed by atoms with Crippen molar-refractivity contribution in [2.24, 2.45) is 0 Å². The Kier molecular flexibility index (Phi) is 4.33. The molecule has 0 unspecified atom stereocenters. The molecule has 0 aromatic carbocycles. The second kappa shape index (κ2) is 5.38. The van der Waals surface area contributed by atoms with Crippen LogP contribution in [0.3, 0.4) is 0 Å². The number of alkyl halides is 4. The van der Waals surface area contributed by atoms with Gasteiger partial charge in [-0.3, -0.25) is 4.79 Å². The molecular weight excluding hydrogens is 276 g/mol. The van der Waals surface area contributed by atoms with Gasteiger partial charge in [-0.1, -0.05) is 0 Å². The molecular formula is C8H10F4N4OS. The van der Waals surface area contributed by atoms with Crippen molar-refractivity contribution >= 4 is 28.3 Å². The zero-order valence-electron chi connectivity index (χ0n) is 9.14. The molecule has 1 amide bonds. The van der Waals surface area contributed by atoms with E-state index < -0.39 is 24.8 Å². The minimum Gasteiger partial charge on any atom is -0.382 e. The van der Waals surface area contributed by atoms with E-state index in [-0.39, 0.29) is 16.4 Å². The minimum absolute atomic E-state index is 0.0767. The highest BCUT2D eigenvalue weighted by Gasteiger charge is 2.40. The topological polar surface area (TPSA) is 80.0 Å². The Hall–Kier alpha value is -1.58. The fourth-order valence-electron chi connectivity index (χ4n) is 1.04. The van der Waals surface area contributed by atoms with E-state index in [9.17, 15) is 22.4 Å². The van der Waals surface area contributed by atoms with E-state index in [4.69, 9.17) is 5.73 Å². The molecule has 0 spiro atoms. The lowest BCUT2D eigenvalue weighted by molar-refractivity contribution is -0.117. The van der Waals surface area contributed by atoms with Gasteiger partial charge in [0.2, 0.25) is 0 Å². The molecule has 1 heterocycles. The summed E-state index contributed by atoms with van der Waals surface area (Å²) < 4.78 is 52.9. The number of nitrogens with two attached hydrogens (primary N) is 1. The highest BCUT2D eigenvalue weighted by Crippen LogP contribution is 2.29. The first kappa shape index (κ1) is 14.5. The fraction of sp³-hybridized carbons (Fsp3) is 0.500. The molecule has 18 heavy (non-hydrogen) atoms. The van der Waals surface area contributed by atoms with Gasteiger partial charge < -0.3 is 16.4 Å². The second-order valence-electron chi connectivity index (χ2n) is 3.27. The molecule has 0 fully saturated rings. The van der Waals surface area contributed by atoms with Gasteiger partial charge in [0.15, 0.2) is 5.82 Å². The summed E-state index contributed by atoms with van der Waals surface area (Å²) in [4.78, 5) is 11.4. The van der Waals surface area contributed by atoms with Gasteiger partial charge in [-0.25, -0.2) is 8.78 Å². The number of nitrogens with zero attached hydrogens (tertiary/aromatic N) is 1. The molecule has 0 aliphatic heterocycles. The fourth-order valence-corrected chi connectivity index (χ4v) is 1.75. The summed E-state index contributed by atoms with van der Waals surface area (Å²) in [6, 6.07) is 0. The van der Waals surface area contributed by atoms with Crippen molar-refractivity contribution in [3.63, 3.8) is 0 Å². The highest BCUT2D eigenvalue weighted by molar-refractivity contribution is 7.11. The average Bonchev–Trinajstić information content (AvgIpc) is 2.67. The average molecular weight is 286 g/mol. The van der Waals surface area contributed by atoms with E-state index >= 15 is 0 Å². The first-order chi connectivity index (χ1) is 8.29. The van der Waals surface area contributed by atoms with Crippen molar-refractivity contribution in [2.45, 2.75) is 12.3 Å². The summed E-state index contributed by atoms with van der Waals surface area (Å²) in [5.74, 6) is -4.98. The lowest BCUT2D eigenvalue weighted by Crippen LogP contribution is -2.35. The number of anilines is 2. The number of carbonyl (C=O) groups is 1. The van der Waals surface area contributed by atoms with E-state index in [1.165, 1.54) is 7.05 Å². The summed E-state index contributed by atoms with van der Waals surface area (Å²) in [7, 11) is 1.32. The molecule has 0 atom stereocenters. The van der Waals surface area contributed by atoms with Crippen LogP contribution in [-0.4, -0.2) is 36.2 Å². The molecule has 5 nitrogen and oxygen atoms in total. The molecule has 0 radical (unpaired) electrons. The van der Waals surface area contributed by atoms with Gasteiger partial charge >= 0.3 is 12.3 Å².